The Hall–Kier alpha value is -1.87. The molecule has 0 spiro atoms. The van der Waals surface area contributed by atoms with Gasteiger partial charge in [-0.1, -0.05) is 26.7 Å². The Morgan fingerprint density at radius 3 is 2.62 bits per heavy atom. The monoisotopic (exact) mass is 373 g/mol. The maximum Gasteiger partial charge on any atom is 0.351 e. The largest absolute Gasteiger partial charge is 0.394 e. The number of hydrogen-bond acceptors (Lipinski definition) is 5. The summed E-state index contributed by atoms with van der Waals surface area (Å²) in [5.41, 5.74) is -0.950. The number of aromatic nitrogens is 2. The van der Waals surface area contributed by atoms with Gasteiger partial charge in [-0.05, 0) is 18.9 Å². The van der Waals surface area contributed by atoms with Crippen LogP contribution in [0.1, 0.15) is 52.2 Å². The van der Waals surface area contributed by atoms with Crippen LogP contribution in [-0.2, 0) is 9.53 Å². The third kappa shape index (κ3) is 4.64. The number of aliphatic hydroxyl groups excluding tert-OH is 1. The van der Waals surface area contributed by atoms with Gasteiger partial charge in [0.15, 0.2) is 0 Å². The molecule has 2 atom stereocenters. The predicted octanol–water partition coefficient (Wildman–Crippen LogP) is 2.31. The minimum Gasteiger partial charge on any atom is -0.394 e. The Morgan fingerprint density at radius 2 is 2.12 bits per heavy atom. The van der Waals surface area contributed by atoms with Gasteiger partial charge >= 0.3 is 5.69 Å². The van der Waals surface area contributed by atoms with E-state index in [1.165, 1.54) is 6.07 Å². The quantitative estimate of drug-likeness (QED) is 0.729. The standard InChI is InChI=1S/C17H25F2N3O4/c1-3-5-11(6-4-2)14(24)20-13-7-8-22(16(25)21-13)15-17(18,19)9-12(10-23)26-15/h7-8,11-12,15,23H,3-6,9-10H2,1-2H3,(H,20,21,24,25). The molecule has 1 aliphatic heterocycles. The molecule has 1 amide bonds. The van der Waals surface area contributed by atoms with Gasteiger partial charge in [0.25, 0.3) is 5.92 Å². The van der Waals surface area contributed by atoms with E-state index in [1.54, 1.807) is 0 Å². The number of anilines is 1. The number of nitrogens with zero attached hydrogens (tertiary/aromatic N) is 2. The first-order valence-electron chi connectivity index (χ1n) is 8.86. The zero-order valence-electron chi connectivity index (χ0n) is 15.0. The summed E-state index contributed by atoms with van der Waals surface area (Å²) in [6.07, 6.45) is 0.748. The Balaban J connectivity index is 2.14. The molecule has 0 saturated carbocycles. The molecule has 2 unspecified atom stereocenters. The molecule has 0 radical (unpaired) electrons. The second kappa shape index (κ2) is 8.68. The van der Waals surface area contributed by atoms with Crippen molar-refractivity contribution in [1.82, 2.24) is 9.55 Å². The normalized spacial score (nSPS) is 21.9. The molecule has 26 heavy (non-hydrogen) atoms. The summed E-state index contributed by atoms with van der Waals surface area (Å²) in [6.45, 7) is 3.41. The summed E-state index contributed by atoms with van der Waals surface area (Å²) in [7, 11) is 0. The smallest absolute Gasteiger partial charge is 0.351 e. The number of amides is 1. The van der Waals surface area contributed by atoms with Gasteiger partial charge in [0.05, 0.1) is 12.7 Å². The van der Waals surface area contributed by atoms with Crippen LogP contribution in [0, 0.1) is 5.92 Å². The number of aliphatic hydroxyl groups is 1. The SMILES string of the molecule is CCCC(CCC)C(=O)Nc1ccn(C2OC(CO)CC2(F)F)c(=O)n1. The lowest BCUT2D eigenvalue weighted by Crippen LogP contribution is -2.35. The summed E-state index contributed by atoms with van der Waals surface area (Å²) < 4.78 is 33.7. The number of halogens is 2. The lowest BCUT2D eigenvalue weighted by molar-refractivity contribution is -0.121. The van der Waals surface area contributed by atoms with Crippen LogP contribution in [0.2, 0.25) is 0 Å². The molecule has 7 nitrogen and oxygen atoms in total. The highest BCUT2D eigenvalue weighted by Crippen LogP contribution is 2.41. The molecule has 1 saturated heterocycles. The van der Waals surface area contributed by atoms with Gasteiger partial charge in [-0.15, -0.1) is 0 Å². The number of ether oxygens (including phenoxy) is 1. The molecule has 0 bridgehead atoms. The van der Waals surface area contributed by atoms with Gasteiger partial charge in [-0.25, -0.2) is 13.6 Å². The number of nitrogens with one attached hydrogen (secondary N) is 1. The number of hydrogen-bond donors (Lipinski definition) is 2. The Morgan fingerprint density at radius 1 is 1.46 bits per heavy atom. The number of alkyl halides is 2. The predicted molar refractivity (Wildman–Crippen MR) is 91.0 cm³/mol. The highest BCUT2D eigenvalue weighted by Gasteiger charge is 2.51. The van der Waals surface area contributed by atoms with Crippen molar-refractivity contribution in [2.45, 2.75) is 64.2 Å². The van der Waals surface area contributed by atoms with Gasteiger partial charge < -0.3 is 15.2 Å². The fraction of sp³-hybridized carbons (Fsp3) is 0.706. The first-order chi connectivity index (χ1) is 12.3. The third-order valence-electron chi connectivity index (χ3n) is 4.37. The molecule has 2 N–H and O–H groups in total. The van der Waals surface area contributed by atoms with Gasteiger partial charge in [0.2, 0.25) is 12.1 Å². The molecular formula is C17H25F2N3O4. The minimum atomic E-state index is -3.29. The van der Waals surface area contributed by atoms with E-state index >= 15 is 0 Å². The van der Waals surface area contributed by atoms with Crippen molar-refractivity contribution in [2.75, 3.05) is 11.9 Å². The van der Waals surface area contributed by atoms with E-state index in [0.717, 1.165) is 31.9 Å². The van der Waals surface area contributed by atoms with Crippen LogP contribution in [0.5, 0.6) is 0 Å². The van der Waals surface area contributed by atoms with Gasteiger partial charge in [-0.2, -0.15) is 4.98 Å². The lowest BCUT2D eigenvalue weighted by atomic mass is 9.97. The van der Waals surface area contributed by atoms with Gasteiger partial charge in [-0.3, -0.25) is 9.36 Å². The van der Waals surface area contributed by atoms with Crippen molar-refractivity contribution in [3.63, 3.8) is 0 Å². The molecule has 2 rings (SSSR count). The zero-order valence-corrected chi connectivity index (χ0v) is 15.0. The van der Waals surface area contributed by atoms with E-state index in [-0.39, 0.29) is 17.6 Å². The van der Waals surface area contributed by atoms with E-state index < -0.39 is 37.0 Å². The van der Waals surface area contributed by atoms with Crippen molar-refractivity contribution >= 4 is 11.7 Å². The number of carbonyl (C=O) groups is 1. The highest BCUT2D eigenvalue weighted by molar-refractivity contribution is 5.91. The summed E-state index contributed by atoms with van der Waals surface area (Å²) in [4.78, 5) is 28.1. The summed E-state index contributed by atoms with van der Waals surface area (Å²) in [5.74, 6) is -3.69. The molecule has 0 aromatic carbocycles. The molecule has 1 fully saturated rings. The molecule has 1 aromatic heterocycles. The molecule has 9 heteroatoms. The Bertz CT molecular complexity index is 674. The van der Waals surface area contributed by atoms with E-state index in [0.29, 0.717) is 4.57 Å². The number of carbonyl (C=O) groups excluding carboxylic acids is 1. The third-order valence-corrected chi connectivity index (χ3v) is 4.37. The van der Waals surface area contributed by atoms with E-state index in [1.807, 2.05) is 13.8 Å². The van der Waals surface area contributed by atoms with E-state index in [9.17, 15) is 18.4 Å². The molecule has 1 aromatic rings. The molecule has 2 heterocycles. The lowest BCUT2D eigenvalue weighted by Gasteiger charge is -2.20. The van der Waals surface area contributed by atoms with Crippen LogP contribution in [0.4, 0.5) is 14.6 Å². The van der Waals surface area contributed by atoms with Crippen LogP contribution in [0.3, 0.4) is 0 Å². The van der Waals surface area contributed by atoms with Gasteiger partial charge in [0.1, 0.15) is 5.82 Å². The van der Waals surface area contributed by atoms with Crippen LogP contribution in [-0.4, -0.2) is 39.2 Å². The van der Waals surface area contributed by atoms with Gasteiger partial charge in [0, 0.05) is 18.5 Å². The van der Waals surface area contributed by atoms with Crippen molar-refractivity contribution in [1.29, 1.82) is 0 Å². The maximum atomic E-state index is 14.0. The van der Waals surface area contributed by atoms with Crippen LogP contribution >= 0.6 is 0 Å². The fourth-order valence-corrected chi connectivity index (χ4v) is 3.10. The van der Waals surface area contributed by atoms with Crippen molar-refractivity contribution in [3.05, 3.63) is 22.7 Å². The number of rotatable bonds is 8. The van der Waals surface area contributed by atoms with Crippen LogP contribution < -0.4 is 11.0 Å². The maximum absolute atomic E-state index is 14.0. The van der Waals surface area contributed by atoms with E-state index in [4.69, 9.17) is 9.84 Å². The topological polar surface area (TPSA) is 93.5 Å². The molecule has 146 valence electrons. The zero-order chi connectivity index (χ0) is 19.3. The van der Waals surface area contributed by atoms with Crippen molar-refractivity contribution in [2.24, 2.45) is 5.92 Å². The van der Waals surface area contributed by atoms with Crippen LogP contribution in [0.25, 0.3) is 0 Å². The first-order valence-corrected chi connectivity index (χ1v) is 8.86. The Labute approximate surface area is 150 Å². The van der Waals surface area contributed by atoms with Crippen molar-refractivity contribution < 1.29 is 23.4 Å². The average Bonchev–Trinajstić information content (AvgIpc) is 2.89. The highest BCUT2D eigenvalue weighted by atomic mass is 19.3. The first kappa shape index (κ1) is 20.4. The second-order valence-electron chi connectivity index (χ2n) is 6.52. The second-order valence-corrected chi connectivity index (χ2v) is 6.52. The van der Waals surface area contributed by atoms with E-state index in [2.05, 4.69) is 10.3 Å². The fourth-order valence-electron chi connectivity index (χ4n) is 3.10. The molecular weight excluding hydrogens is 348 g/mol. The summed E-state index contributed by atoms with van der Waals surface area (Å²) >= 11 is 0. The molecule has 1 aliphatic rings. The summed E-state index contributed by atoms with van der Waals surface area (Å²) in [5, 5.41) is 11.6. The van der Waals surface area contributed by atoms with Crippen LogP contribution in [0.15, 0.2) is 17.1 Å². The minimum absolute atomic E-state index is 0.0217. The molecule has 0 aliphatic carbocycles. The average molecular weight is 373 g/mol. The summed E-state index contributed by atoms with van der Waals surface area (Å²) in [6, 6.07) is 1.29. The van der Waals surface area contributed by atoms with Crippen molar-refractivity contribution in [3.8, 4) is 0 Å². The Kier molecular flexibility index (Phi) is 6.82.